The Morgan fingerprint density at radius 3 is 2.81 bits per heavy atom. The smallest absolute Gasteiger partial charge is 0.336 e. The van der Waals surface area contributed by atoms with E-state index in [0.29, 0.717) is 34.4 Å². The fourth-order valence-electron chi connectivity index (χ4n) is 3.37. The van der Waals surface area contributed by atoms with Gasteiger partial charge < -0.3 is 14.8 Å². The van der Waals surface area contributed by atoms with Crippen LogP contribution in [0.25, 0.3) is 0 Å². The SMILES string of the molecule is CCOC(=O)C1=CN=C(Cl)C2C(COc3cccc(NC(=O)c4ccncc4)c3)=CSC12. The van der Waals surface area contributed by atoms with Gasteiger partial charge >= 0.3 is 5.97 Å². The van der Waals surface area contributed by atoms with E-state index >= 15 is 0 Å². The molecule has 0 fully saturated rings. The van der Waals surface area contributed by atoms with Gasteiger partial charge in [-0.1, -0.05) is 17.7 Å². The van der Waals surface area contributed by atoms with E-state index in [1.165, 1.54) is 18.0 Å². The number of thioether (sulfide) groups is 1. The molecule has 3 heterocycles. The van der Waals surface area contributed by atoms with Gasteiger partial charge in [-0.2, -0.15) is 0 Å². The molecule has 2 unspecified atom stereocenters. The standard InChI is InChI=1S/C23H20ClN3O4S/c1-2-30-23(29)18-11-26-21(24)19-15(13-32-20(18)19)12-31-17-5-3-4-16(10-17)27-22(28)14-6-8-25-9-7-14/h3-11,13,19-20H,2,12H2,1H3,(H,27,28). The summed E-state index contributed by atoms with van der Waals surface area (Å²) < 4.78 is 11.1. The summed E-state index contributed by atoms with van der Waals surface area (Å²) in [5.74, 6) is -0.251. The van der Waals surface area contributed by atoms with Crippen LogP contribution in [0.5, 0.6) is 5.75 Å². The van der Waals surface area contributed by atoms with Crippen LogP contribution < -0.4 is 10.1 Å². The van der Waals surface area contributed by atoms with E-state index in [1.54, 1.807) is 49.6 Å². The number of carbonyl (C=O) groups is 2. The summed E-state index contributed by atoms with van der Waals surface area (Å²) in [4.78, 5) is 32.7. The van der Waals surface area contributed by atoms with Crippen LogP contribution in [0.4, 0.5) is 5.69 Å². The van der Waals surface area contributed by atoms with Crippen molar-refractivity contribution in [2.75, 3.05) is 18.5 Å². The van der Waals surface area contributed by atoms with Gasteiger partial charge in [0, 0.05) is 35.9 Å². The van der Waals surface area contributed by atoms with Gasteiger partial charge in [0.15, 0.2) is 0 Å². The second-order valence-corrected chi connectivity index (χ2v) is 8.39. The Morgan fingerprint density at radius 1 is 1.22 bits per heavy atom. The van der Waals surface area contributed by atoms with E-state index in [0.717, 1.165) is 5.57 Å². The zero-order valence-electron chi connectivity index (χ0n) is 17.2. The normalized spacial score (nSPS) is 19.2. The van der Waals surface area contributed by atoms with Gasteiger partial charge in [-0.25, -0.2) is 9.79 Å². The van der Waals surface area contributed by atoms with Crippen LogP contribution >= 0.6 is 23.4 Å². The summed E-state index contributed by atoms with van der Waals surface area (Å²) in [5.41, 5.74) is 2.55. The molecule has 9 heteroatoms. The number of halogens is 1. The second-order valence-electron chi connectivity index (χ2n) is 6.99. The number of pyridine rings is 1. The number of aliphatic imine (C=N–C) groups is 1. The number of aromatic nitrogens is 1. The molecule has 0 radical (unpaired) electrons. The van der Waals surface area contributed by atoms with E-state index in [1.807, 2.05) is 11.5 Å². The Bertz CT molecular complexity index is 1120. The molecule has 0 bridgehead atoms. The molecule has 0 saturated heterocycles. The number of hydrogen-bond donors (Lipinski definition) is 1. The number of anilines is 1. The highest BCUT2D eigenvalue weighted by Crippen LogP contribution is 2.44. The average molecular weight is 470 g/mol. The number of rotatable bonds is 7. The molecule has 164 valence electrons. The maximum Gasteiger partial charge on any atom is 0.336 e. The van der Waals surface area contributed by atoms with E-state index in [2.05, 4.69) is 15.3 Å². The molecule has 4 rings (SSSR count). The summed E-state index contributed by atoms with van der Waals surface area (Å²) in [6.45, 7) is 2.34. The Kier molecular flexibility index (Phi) is 6.92. The molecule has 2 atom stereocenters. The second kappa shape index (κ2) is 10.0. The molecule has 0 spiro atoms. The number of benzene rings is 1. The van der Waals surface area contributed by atoms with E-state index in [4.69, 9.17) is 21.1 Å². The van der Waals surface area contributed by atoms with Crippen LogP contribution in [0.1, 0.15) is 17.3 Å². The Balaban J connectivity index is 1.40. The van der Waals surface area contributed by atoms with Crippen molar-refractivity contribution in [1.82, 2.24) is 4.98 Å². The number of amides is 1. The van der Waals surface area contributed by atoms with Crippen LogP contribution in [-0.4, -0.2) is 40.5 Å². The van der Waals surface area contributed by atoms with Crippen LogP contribution in [0.2, 0.25) is 0 Å². The fourth-order valence-corrected chi connectivity index (χ4v) is 5.06. The molecule has 32 heavy (non-hydrogen) atoms. The zero-order chi connectivity index (χ0) is 22.5. The number of nitrogens with one attached hydrogen (secondary N) is 1. The number of nitrogens with zero attached hydrogens (tertiary/aromatic N) is 2. The number of esters is 1. The first kappa shape index (κ1) is 22.1. The minimum atomic E-state index is -0.379. The predicted octanol–water partition coefficient (Wildman–Crippen LogP) is 4.43. The van der Waals surface area contributed by atoms with Crippen molar-refractivity contribution in [1.29, 1.82) is 0 Å². The monoisotopic (exact) mass is 469 g/mol. The average Bonchev–Trinajstić information content (AvgIpc) is 3.24. The lowest BCUT2D eigenvalue weighted by Gasteiger charge is -2.25. The maximum absolute atomic E-state index is 12.4. The van der Waals surface area contributed by atoms with Crippen LogP contribution in [-0.2, 0) is 9.53 Å². The molecule has 1 amide bonds. The highest BCUT2D eigenvalue weighted by Gasteiger charge is 2.41. The molecule has 1 N–H and O–H groups in total. The Labute approximate surface area is 194 Å². The topological polar surface area (TPSA) is 89.9 Å². The van der Waals surface area contributed by atoms with Crippen molar-refractivity contribution in [3.05, 3.63) is 77.1 Å². The van der Waals surface area contributed by atoms with Gasteiger partial charge in [0.05, 0.1) is 23.3 Å². The van der Waals surface area contributed by atoms with Crippen LogP contribution in [0.3, 0.4) is 0 Å². The van der Waals surface area contributed by atoms with Crippen LogP contribution in [0.15, 0.2) is 76.5 Å². The first-order valence-electron chi connectivity index (χ1n) is 9.96. The van der Waals surface area contributed by atoms with E-state index in [9.17, 15) is 9.59 Å². The van der Waals surface area contributed by atoms with Gasteiger partial charge in [-0.05, 0) is 42.2 Å². The number of fused-ring (bicyclic) bond motifs is 1. The number of carbonyl (C=O) groups excluding carboxylic acids is 2. The van der Waals surface area contributed by atoms with Gasteiger partial charge in [0.1, 0.15) is 17.5 Å². The van der Waals surface area contributed by atoms with Crippen molar-refractivity contribution in [3.63, 3.8) is 0 Å². The molecule has 1 aromatic heterocycles. The predicted molar refractivity (Wildman–Crippen MR) is 125 cm³/mol. The molecule has 0 saturated carbocycles. The van der Waals surface area contributed by atoms with Crippen molar-refractivity contribution in [2.24, 2.45) is 10.9 Å². The van der Waals surface area contributed by atoms with Gasteiger partial charge in [0.2, 0.25) is 0 Å². The third kappa shape index (κ3) is 4.87. The van der Waals surface area contributed by atoms with E-state index in [-0.39, 0.29) is 29.7 Å². The lowest BCUT2D eigenvalue weighted by Crippen LogP contribution is -2.31. The minimum Gasteiger partial charge on any atom is -0.489 e. The van der Waals surface area contributed by atoms with E-state index < -0.39 is 0 Å². The number of ether oxygens (including phenoxy) is 2. The molecule has 7 nitrogen and oxygen atoms in total. The maximum atomic E-state index is 12.4. The first-order valence-corrected chi connectivity index (χ1v) is 11.3. The van der Waals surface area contributed by atoms with Crippen molar-refractivity contribution < 1.29 is 19.1 Å². The summed E-state index contributed by atoms with van der Waals surface area (Å²) in [6.07, 6.45) is 4.62. The van der Waals surface area contributed by atoms with Gasteiger partial charge in [-0.3, -0.25) is 9.78 Å². The fraction of sp³-hybridized carbons (Fsp3) is 0.217. The van der Waals surface area contributed by atoms with Crippen LogP contribution in [0, 0.1) is 5.92 Å². The summed E-state index contributed by atoms with van der Waals surface area (Å²) in [5, 5.41) is 5.04. The largest absolute Gasteiger partial charge is 0.489 e. The summed E-state index contributed by atoms with van der Waals surface area (Å²) in [6, 6.07) is 10.4. The van der Waals surface area contributed by atoms with Crippen molar-refractivity contribution in [2.45, 2.75) is 12.2 Å². The molecule has 2 aliphatic rings. The van der Waals surface area contributed by atoms with Gasteiger partial charge in [-0.15, -0.1) is 11.8 Å². The molecular formula is C23H20ClN3O4S. The highest BCUT2D eigenvalue weighted by molar-refractivity contribution is 8.03. The van der Waals surface area contributed by atoms with Crippen molar-refractivity contribution >= 4 is 46.1 Å². The molecule has 2 aromatic rings. The summed E-state index contributed by atoms with van der Waals surface area (Å²) in [7, 11) is 0. The third-order valence-electron chi connectivity index (χ3n) is 4.91. The molecule has 2 aliphatic heterocycles. The lowest BCUT2D eigenvalue weighted by molar-refractivity contribution is -0.138. The zero-order valence-corrected chi connectivity index (χ0v) is 18.7. The minimum absolute atomic E-state index is 0.177. The molecule has 1 aromatic carbocycles. The summed E-state index contributed by atoms with van der Waals surface area (Å²) >= 11 is 7.88. The van der Waals surface area contributed by atoms with Crippen molar-refractivity contribution in [3.8, 4) is 5.75 Å². The number of hydrogen-bond acceptors (Lipinski definition) is 7. The first-order chi connectivity index (χ1) is 15.6. The highest BCUT2D eigenvalue weighted by atomic mass is 35.5. The van der Waals surface area contributed by atoms with Gasteiger partial charge in [0.25, 0.3) is 5.91 Å². The third-order valence-corrected chi connectivity index (χ3v) is 6.50. The Hall–Kier alpha value is -3.10. The Morgan fingerprint density at radius 2 is 2.03 bits per heavy atom. The quantitative estimate of drug-likeness (QED) is 0.603. The molecule has 0 aliphatic carbocycles. The molecular weight excluding hydrogens is 450 g/mol. The lowest BCUT2D eigenvalue weighted by atomic mass is 9.92.